The van der Waals surface area contributed by atoms with E-state index in [-0.39, 0.29) is 0 Å². The zero-order chi connectivity index (χ0) is 10.8. The minimum atomic E-state index is 0.752. The van der Waals surface area contributed by atoms with Crippen LogP contribution in [0.5, 0.6) is 0 Å². The van der Waals surface area contributed by atoms with Gasteiger partial charge in [-0.05, 0) is 42.7 Å². The molecule has 0 heterocycles. The fourth-order valence-corrected chi connectivity index (χ4v) is 2.78. The number of fused-ring (bicyclic) bond motifs is 1. The Balaban J connectivity index is 2.43. The number of aryl methyl sites for hydroxylation is 1. The lowest BCUT2D eigenvalue weighted by molar-refractivity contribution is 0.520. The third-order valence-electron chi connectivity index (χ3n) is 3.83. The van der Waals surface area contributed by atoms with E-state index in [1.165, 1.54) is 31.2 Å². The highest BCUT2D eigenvalue weighted by atomic mass is 14.2. The zero-order valence-corrected chi connectivity index (χ0v) is 10.2. The summed E-state index contributed by atoms with van der Waals surface area (Å²) < 4.78 is 0. The molecule has 0 aliphatic heterocycles. The summed E-state index contributed by atoms with van der Waals surface area (Å²) in [5.41, 5.74) is 4.63. The van der Waals surface area contributed by atoms with Crippen LogP contribution in [-0.4, -0.2) is 0 Å². The van der Waals surface area contributed by atoms with Crippen LogP contribution in [0.3, 0.4) is 0 Å². The molecule has 0 fully saturated rings. The van der Waals surface area contributed by atoms with E-state index in [4.69, 9.17) is 0 Å². The van der Waals surface area contributed by atoms with E-state index in [0.29, 0.717) is 0 Å². The number of rotatable bonds is 0. The third kappa shape index (κ3) is 2.25. The molecule has 2 atom stereocenters. The van der Waals surface area contributed by atoms with Gasteiger partial charge in [0.05, 0.1) is 0 Å². The van der Waals surface area contributed by atoms with Crippen molar-refractivity contribution in [1.29, 1.82) is 0 Å². The van der Waals surface area contributed by atoms with Crippen molar-refractivity contribution in [2.24, 2.45) is 0 Å². The van der Waals surface area contributed by atoms with Gasteiger partial charge < -0.3 is 0 Å². The Labute approximate surface area is 93.7 Å². The van der Waals surface area contributed by atoms with Crippen LogP contribution in [0.1, 0.15) is 68.1 Å². The second kappa shape index (κ2) is 4.38. The maximum Gasteiger partial charge on any atom is -0.0187 e. The Bertz CT molecular complexity index is 338. The molecule has 0 saturated heterocycles. The molecule has 0 radical (unpaired) electrons. The largest absolute Gasteiger partial charge is 0.0590 e. The van der Waals surface area contributed by atoms with Gasteiger partial charge in [-0.2, -0.15) is 0 Å². The van der Waals surface area contributed by atoms with Crippen LogP contribution in [-0.2, 0) is 0 Å². The van der Waals surface area contributed by atoms with E-state index in [1.54, 1.807) is 11.1 Å². The normalized spacial score (nSPS) is 26.6. The predicted octanol–water partition coefficient (Wildman–Crippen LogP) is 4.78. The molecular weight excluding hydrogens is 180 g/mol. The van der Waals surface area contributed by atoms with Crippen molar-refractivity contribution in [3.63, 3.8) is 0 Å². The molecule has 1 aliphatic carbocycles. The van der Waals surface area contributed by atoms with Crippen molar-refractivity contribution in [2.45, 2.75) is 58.3 Å². The Kier molecular flexibility index (Phi) is 3.14. The molecule has 0 aromatic heterocycles. The molecule has 2 rings (SSSR count). The van der Waals surface area contributed by atoms with E-state index < -0.39 is 0 Å². The average Bonchev–Trinajstić information content (AvgIpc) is 2.22. The van der Waals surface area contributed by atoms with E-state index in [2.05, 4.69) is 39.0 Å². The maximum atomic E-state index is 2.40. The van der Waals surface area contributed by atoms with Crippen molar-refractivity contribution in [2.75, 3.05) is 0 Å². The van der Waals surface area contributed by atoms with Gasteiger partial charge in [0, 0.05) is 0 Å². The lowest BCUT2D eigenvalue weighted by atomic mass is 9.81. The fraction of sp³-hybridized carbons (Fsp3) is 0.600. The SMILES string of the molecule is Cc1ccc2c(c1)C(C)CCCCC2C. The highest BCUT2D eigenvalue weighted by molar-refractivity contribution is 5.36. The molecular formula is C15H22. The van der Waals surface area contributed by atoms with E-state index in [1.807, 2.05) is 0 Å². The third-order valence-corrected chi connectivity index (χ3v) is 3.83. The second-order valence-electron chi connectivity index (χ2n) is 5.22. The number of hydrogen-bond acceptors (Lipinski definition) is 0. The first kappa shape index (κ1) is 10.7. The fourth-order valence-electron chi connectivity index (χ4n) is 2.78. The van der Waals surface area contributed by atoms with Crippen molar-refractivity contribution < 1.29 is 0 Å². The molecule has 82 valence electrons. The molecule has 15 heavy (non-hydrogen) atoms. The number of hydrogen-bond donors (Lipinski definition) is 0. The summed E-state index contributed by atoms with van der Waals surface area (Å²) in [6, 6.07) is 7.03. The van der Waals surface area contributed by atoms with Crippen LogP contribution in [0.15, 0.2) is 18.2 Å². The summed E-state index contributed by atoms with van der Waals surface area (Å²) in [5, 5.41) is 0. The Morgan fingerprint density at radius 2 is 1.53 bits per heavy atom. The molecule has 2 unspecified atom stereocenters. The van der Waals surface area contributed by atoms with Crippen LogP contribution in [0.2, 0.25) is 0 Å². The number of benzene rings is 1. The highest BCUT2D eigenvalue weighted by Gasteiger charge is 2.17. The minimum absolute atomic E-state index is 0.752. The van der Waals surface area contributed by atoms with E-state index in [0.717, 1.165) is 11.8 Å². The smallest absolute Gasteiger partial charge is 0.0187 e. The van der Waals surface area contributed by atoms with Gasteiger partial charge in [-0.25, -0.2) is 0 Å². The standard InChI is InChI=1S/C15H22/c1-11-8-9-14-12(2)6-4-5-7-13(3)15(14)10-11/h8-10,12-13H,4-7H2,1-3H3. The van der Waals surface area contributed by atoms with Crippen LogP contribution >= 0.6 is 0 Å². The van der Waals surface area contributed by atoms with Crippen molar-refractivity contribution >= 4 is 0 Å². The summed E-state index contributed by atoms with van der Waals surface area (Å²) in [4.78, 5) is 0. The first-order chi connectivity index (χ1) is 7.18. The predicted molar refractivity (Wildman–Crippen MR) is 66.5 cm³/mol. The van der Waals surface area contributed by atoms with Gasteiger partial charge in [-0.3, -0.25) is 0 Å². The van der Waals surface area contributed by atoms with Crippen LogP contribution in [0.25, 0.3) is 0 Å². The lowest BCUT2D eigenvalue weighted by Crippen LogP contribution is -2.07. The van der Waals surface area contributed by atoms with Gasteiger partial charge in [0.25, 0.3) is 0 Å². The van der Waals surface area contributed by atoms with Crippen LogP contribution in [0, 0.1) is 6.92 Å². The first-order valence-corrected chi connectivity index (χ1v) is 6.29. The average molecular weight is 202 g/mol. The minimum Gasteiger partial charge on any atom is -0.0590 e. The summed E-state index contributed by atoms with van der Waals surface area (Å²) in [6.07, 6.45) is 5.53. The quantitative estimate of drug-likeness (QED) is 0.568. The zero-order valence-electron chi connectivity index (χ0n) is 10.2. The summed E-state index contributed by atoms with van der Waals surface area (Å²) in [6.45, 7) is 6.97. The van der Waals surface area contributed by atoms with Crippen molar-refractivity contribution in [3.8, 4) is 0 Å². The monoisotopic (exact) mass is 202 g/mol. The van der Waals surface area contributed by atoms with Gasteiger partial charge in [0.15, 0.2) is 0 Å². The van der Waals surface area contributed by atoms with Gasteiger partial charge in [0.1, 0.15) is 0 Å². The first-order valence-electron chi connectivity index (χ1n) is 6.29. The van der Waals surface area contributed by atoms with Gasteiger partial charge in [-0.1, -0.05) is 50.5 Å². The van der Waals surface area contributed by atoms with Gasteiger partial charge in [-0.15, -0.1) is 0 Å². The summed E-state index contributed by atoms with van der Waals surface area (Å²) >= 11 is 0. The summed E-state index contributed by atoms with van der Waals surface area (Å²) in [7, 11) is 0. The lowest BCUT2D eigenvalue weighted by Gasteiger charge is -2.24. The molecule has 0 N–H and O–H groups in total. The highest BCUT2D eigenvalue weighted by Crippen LogP contribution is 2.35. The molecule has 0 nitrogen and oxygen atoms in total. The van der Waals surface area contributed by atoms with Crippen molar-refractivity contribution in [3.05, 3.63) is 34.9 Å². The molecule has 0 heteroatoms. The summed E-state index contributed by atoms with van der Waals surface area (Å²) in [5.74, 6) is 1.51. The molecule has 0 spiro atoms. The maximum absolute atomic E-state index is 2.40. The molecule has 1 aliphatic rings. The molecule has 0 bridgehead atoms. The topological polar surface area (TPSA) is 0 Å². The van der Waals surface area contributed by atoms with E-state index >= 15 is 0 Å². The van der Waals surface area contributed by atoms with E-state index in [9.17, 15) is 0 Å². The second-order valence-corrected chi connectivity index (χ2v) is 5.22. The van der Waals surface area contributed by atoms with Crippen molar-refractivity contribution in [1.82, 2.24) is 0 Å². The molecule has 1 aromatic rings. The van der Waals surface area contributed by atoms with Crippen LogP contribution < -0.4 is 0 Å². The molecule has 0 amide bonds. The Morgan fingerprint density at radius 1 is 0.933 bits per heavy atom. The van der Waals surface area contributed by atoms with Gasteiger partial charge >= 0.3 is 0 Å². The Morgan fingerprint density at radius 3 is 2.20 bits per heavy atom. The van der Waals surface area contributed by atoms with Gasteiger partial charge in [0.2, 0.25) is 0 Å². The van der Waals surface area contributed by atoms with Crippen LogP contribution in [0.4, 0.5) is 0 Å². The molecule has 1 aromatic carbocycles. The molecule has 0 saturated carbocycles. The Hall–Kier alpha value is -0.780.